The largest absolute Gasteiger partial charge is 0.482 e. The number of nitrogens with zero attached hydrogens (tertiary/aromatic N) is 5. The molecular formula is C29H36N6O3. The van der Waals surface area contributed by atoms with Gasteiger partial charge in [0.05, 0.1) is 30.2 Å². The summed E-state index contributed by atoms with van der Waals surface area (Å²) in [6.45, 7) is 12.6. The maximum atomic E-state index is 12.0. The minimum atomic E-state index is -0.155. The number of aryl methyl sites for hydroxylation is 1. The number of amides is 1. The number of nitrogens with one attached hydrogen (secondary N) is 1. The average molecular weight is 517 g/mol. The number of hydrogen-bond donors (Lipinski definition) is 1. The second kappa shape index (κ2) is 10.4. The van der Waals surface area contributed by atoms with E-state index in [0.717, 1.165) is 105 Å². The van der Waals surface area contributed by atoms with Gasteiger partial charge in [-0.1, -0.05) is 5.92 Å². The van der Waals surface area contributed by atoms with Crippen molar-refractivity contribution in [1.29, 1.82) is 0 Å². The number of carbonyl (C=O) groups excluding carboxylic acids is 1. The van der Waals surface area contributed by atoms with Crippen LogP contribution in [-0.2, 0) is 9.53 Å². The van der Waals surface area contributed by atoms with Crippen LogP contribution < -0.4 is 15.0 Å². The summed E-state index contributed by atoms with van der Waals surface area (Å²) in [5.74, 6) is 7.35. The highest BCUT2D eigenvalue weighted by molar-refractivity contribution is 5.94. The van der Waals surface area contributed by atoms with Gasteiger partial charge in [-0.25, -0.2) is 4.98 Å². The molecule has 0 aliphatic carbocycles. The number of carbonyl (C=O) groups is 1. The monoisotopic (exact) mass is 516 g/mol. The molecule has 1 atom stereocenters. The predicted molar refractivity (Wildman–Crippen MR) is 146 cm³/mol. The number of likely N-dealkylation sites (tertiary alicyclic amines) is 2. The molecule has 2 aromatic rings. The fraction of sp³-hybridized carbons (Fsp3) is 0.552. The van der Waals surface area contributed by atoms with Gasteiger partial charge in [0, 0.05) is 55.7 Å². The Bertz CT molecular complexity index is 1270. The highest BCUT2D eigenvalue weighted by atomic mass is 16.5. The van der Waals surface area contributed by atoms with E-state index in [9.17, 15) is 4.79 Å². The molecule has 2 aromatic heterocycles. The molecule has 0 radical (unpaired) electrons. The van der Waals surface area contributed by atoms with Gasteiger partial charge in [0.2, 0.25) is 0 Å². The van der Waals surface area contributed by atoms with E-state index in [2.05, 4.69) is 46.0 Å². The molecule has 0 unspecified atom stereocenters. The van der Waals surface area contributed by atoms with Crippen LogP contribution in [0.15, 0.2) is 18.3 Å². The van der Waals surface area contributed by atoms with Crippen molar-refractivity contribution >= 4 is 23.1 Å². The van der Waals surface area contributed by atoms with E-state index in [-0.39, 0.29) is 12.0 Å². The van der Waals surface area contributed by atoms with Crippen molar-refractivity contribution in [3.63, 3.8) is 0 Å². The van der Waals surface area contributed by atoms with Gasteiger partial charge in [0.15, 0.2) is 5.75 Å². The van der Waals surface area contributed by atoms with Crippen LogP contribution in [0.4, 0.5) is 17.2 Å². The Kier molecular flexibility index (Phi) is 6.85. The first-order chi connectivity index (χ1) is 18.5. The highest BCUT2D eigenvalue weighted by Crippen LogP contribution is 2.44. The van der Waals surface area contributed by atoms with Gasteiger partial charge in [0.25, 0.3) is 5.91 Å². The van der Waals surface area contributed by atoms with Gasteiger partial charge < -0.3 is 24.6 Å². The summed E-state index contributed by atoms with van der Waals surface area (Å²) in [7, 11) is 0. The Labute approximate surface area is 224 Å². The first kappa shape index (κ1) is 25.0. The Morgan fingerprint density at radius 1 is 1.16 bits per heavy atom. The molecule has 3 saturated heterocycles. The van der Waals surface area contributed by atoms with Crippen LogP contribution in [-0.4, -0.2) is 84.2 Å². The zero-order valence-electron chi connectivity index (χ0n) is 22.5. The number of rotatable bonds is 3. The Morgan fingerprint density at radius 3 is 2.66 bits per heavy atom. The topological polar surface area (TPSA) is 83.1 Å². The molecule has 38 heavy (non-hydrogen) atoms. The summed E-state index contributed by atoms with van der Waals surface area (Å²) in [4.78, 5) is 28.4. The molecule has 0 spiro atoms. The average Bonchev–Trinajstić information content (AvgIpc) is 3.05. The summed E-state index contributed by atoms with van der Waals surface area (Å²) >= 11 is 0. The third kappa shape index (κ3) is 4.67. The van der Waals surface area contributed by atoms with E-state index in [1.54, 1.807) is 6.92 Å². The number of ether oxygens (including phenoxy) is 2. The number of anilines is 3. The van der Waals surface area contributed by atoms with Crippen molar-refractivity contribution in [2.75, 3.05) is 62.7 Å². The smallest absolute Gasteiger partial charge is 0.298 e. The SMILES string of the molecule is CC#CC(=O)N1CC(N2CCC(c3cc4c(c(C)n3)O[C@@H](C)c3c(N5CCOCC5)ccnc3N4)CC2)C1. The molecule has 9 heteroatoms. The lowest BCUT2D eigenvalue weighted by Crippen LogP contribution is -2.61. The molecule has 0 bridgehead atoms. The molecular weight excluding hydrogens is 480 g/mol. The zero-order valence-corrected chi connectivity index (χ0v) is 22.5. The molecule has 200 valence electrons. The summed E-state index contributed by atoms with van der Waals surface area (Å²) in [6, 6.07) is 4.70. The lowest BCUT2D eigenvalue weighted by atomic mass is 9.90. The first-order valence-electron chi connectivity index (χ1n) is 13.7. The van der Waals surface area contributed by atoms with Crippen molar-refractivity contribution in [2.45, 2.75) is 51.7 Å². The lowest BCUT2D eigenvalue weighted by molar-refractivity contribution is -0.132. The van der Waals surface area contributed by atoms with Gasteiger partial charge in [-0.3, -0.25) is 14.7 Å². The third-order valence-corrected chi connectivity index (χ3v) is 8.28. The Hall–Kier alpha value is -3.35. The first-order valence-corrected chi connectivity index (χ1v) is 13.7. The van der Waals surface area contributed by atoms with Crippen LogP contribution in [0.25, 0.3) is 0 Å². The molecule has 6 heterocycles. The van der Waals surface area contributed by atoms with Gasteiger partial charge in [0.1, 0.15) is 11.9 Å². The van der Waals surface area contributed by atoms with Crippen molar-refractivity contribution < 1.29 is 14.3 Å². The second-order valence-corrected chi connectivity index (χ2v) is 10.6. The number of aromatic nitrogens is 2. The summed E-state index contributed by atoms with van der Waals surface area (Å²) in [6.07, 6.45) is 3.83. The fourth-order valence-electron chi connectivity index (χ4n) is 6.14. The molecule has 6 rings (SSSR count). The van der Waals surface area contributed by atoms with E-state index in [4.69, 9.17) is 19.4 Å². The standard InChI is InChI=1S/C29H36N6O3/c1-4-5-26(36)35-17-22(18-35)33-10-7-21(8-11-33)23-16-24-28(19(2)31-23)38-20(3)27-25(6-9-30-29(27)32-24)34-12-14-37-15-13-34/h6,9,16,20-22H,7-8,10-15,17-18H2,1-3H3,(H,30,32)/t20-/m0/s1. The Balaban J connectivity index is 1.17. The number of hydrogen-bond acceptors (Lipinski definition) is 8. The van der Waals surface area contributed by atoms with Crippen molar-refractivity contribution in [3.05, 3.63) is 35.3 Å². The molecule has 9 nitrogen and oxygen atoms in total. The molecule has 0 aromatic carbocycles. The minimum absolute atomic E-state index is 0.0551. The number of morpholine rings is 1. The van der Waals surface area contributed by atoms with Crippen molar-refractivity contribution in [3.8, 4) is 17.6 Å². The van der Waals surface area contributed by atoms with Gasteiger partial charge in [-0.15, -0.1) is 0 Å². The number of piperidine rings is 1. The van der Waals surface area contributed by atoms with Crippen LogP contribution in [0.5, 0.6) is 5.75 Å². The van der Waals surface area contributed by atoms with Gasteiger partial charge in [-0.05, 0) is 64.8 Å². The normalized spacial score (nSPS) is 22.1. The molecule has 4 aliphatic rings. The zero-order chi connectivity index (χ0) is 26.2. The minimum Gasteiger partial charge on any atom is -0.482 e. The van der Waals surface area contributed by atoms with E-state index < -0.39 is 0 Å². The van der Waals surface area contributed by atoms with Gasteiger partial charge in [-0.2, -0.15) is 0 Å². The van der Waals surface area contributed by atoms with Crippen LogP contribution in [0.1, 0.15) is 55.7 Å². The summed E-state index contributed by atoms with van der Waals surface area (Å²) < 4.78 is 12.1. The van der Waals surface area contributed by atoms with Crippen LogP contribution in [0.3, 0.4) is 0 Å². The summed E-state index contributed by atoms with van der Waals surface area (Å²) in [5.41, 5.74) is 5.20. The molecule has 1 N–H and O–H groups in total. The Morgan fingerprint density at radius 2 is 1.92 bits per heavy atom. The number of pyridine rings is 2. The van der Waals surface area contributed by atoms with E-state index >= 15 is 0 Å². The predicted octanol–water partition coefficient (Wildman–Crippen LogP) is 3.23. The van der Waals surface area contributed by atoms with Crippen LogP contribution in [0, 0.1) is 18.8 Å². The van der Waals surface area contributed by atoms with Crippen molar-refractivity contribution in [2.24, 2.45) is 0 Å². The number of fused-ring (bicyclic) bond motifs is 2. The quantitative estimate of drug-likeness (QED) is 0.623. The third-order valence-electron chi connectivity index (χ3n) is 8.28. The van der Waals surface area contributed by atoms with Crippen LogP contribution in [0.2, 0.25) is 0 Å². The van der Waals surface area contributed by atoms with E-state index in [0.29, 0.717) is 12.0 Å². The summed E-state index contributed by atoms with van der Waals surface area (Å²) in [5, 5.41) is 3.61. The molecule has 1 amide bonds. The molecule has 3 fully saturated rings. The van der Waals surface area contributed by atoms with E-state index in [1.165, 1.54) is 0 Å². The van der Waals surface area contributed by atoms with Gasteiger partial charge >= 0.3 is 0 Å². The second-order valence-electron chi connectivity index (χ2n) is 10.6. The maximum Gasteiger partial charge on any atom is 0.298 e. The fourth-order valence-corrected chi connectivity index (χ4v) is 6.14. The highest BCUT2D eigenvalue weighted by Gasteiger charge is 2.37. The maximum absolute atomic E-state index is 12.0. The van der Waals surface area contributed by atoms with E-state index in [1.807, 2.05) is 18.0 Å². The van der Waals surface area contributed by atoms with Crippen LogP contribution >= 0.6 is 0 Å². The molecule has 4 aliphatic heterocycles. The molecule has 0 saturated carbocycles. The lowest BCUT2D eigenvalue weighted by Gasteiger charge is -2.47. The van der Waals surface area contributed by atoms with Crippen molar-refractivity contribution in [1.82, 2.24) is 19.8 Å².